The van der Waals surface area contributed by atoms with Crippen molar-refractivity contribution < 1.29 is 4.74 Å². The third-order valence-corrected chi connectivity index (χ3v) is 6.10. The van der Waals surface area contributed by atoms with Gasteiger partial charge in [0.05, 0.1) is 6.10 Å². The molecule has 1 fully saturated rings. The van der Waals surface area contributed by atoms with E-state index in [1.807, 2.05) is 11.8 Å². The second kappa shape index (κ2) is 3.05. The molecule has 0 amide bonds. The molecule has 1 aromatic rings. The average Bonchev–Trinajstić information content (AvgIpc) is 2.54. The van der Waals surface area contributed by atoms with E-state index in [9.17, 15) is 0 Å². The van der Waals surface area contributed by atoms with Gasteiger partial charge in [-0.25, -0.2) is 0 Å². The number of rotatable bonds is 0. The summed E-state index contributed by atoms with van der Waals surface area (Å²) in [6, 6.07) is 8.67. The van der Waals surface area contributed by atoms with E-state index in [0.717, 1.165) is 0 Å². The second-order valence-electron chi connectivity index (χ2n) is 5.83. The maximum Gasteiger partial charge on any atom is 0.130 e. The van der Waals surface area contributed by atoms with Crippen LogP contribution in [-0.2, 0) is 4.74 Å². The van der Waals surface area contributed by atoms with E-state index >= 15 is 0 Å². The highest BCUT2D eigenvalue weighted by atomic mass is 32.2. The van der Waals surface area contributed by atoms with E-state index in [2.05, 4.69) is 52.0 Å². The number of benzene rings is 1. The molecular weight excluding hydrogens is 216 g/mol. The van der Waals surface area contributed by atoms with E-state index in [4.69, 9.17) is 4.74 Å². The summed E-state index contributed by atoms with van der Waals surface area (Å²) in [6.07, 6.45) is 0.255. The van der Waals surface area contributed by atoms with Gasteiger partial charge >= 0.3 is 0 Å². The molecule has 0 unspecified atom stereocenters. The number of thioether (sulfide) groups is 1. The molecule has 2 aliphatic heterocycles. The minimum Gasteiger partial charge on any atom is -0.354 e. The van der Waals surface area contributed by atoms with E-state index in [-0.39, 0.29) is 21.7 Å². The van der Waals surface area contributed by atoms with Crippen molar-refractivity contribution in [2.24, 2.45) is 5.41 Å². The Morgan fingerprint density at radius 1 is 1.06 bits per heavy atom. The highest BCUT2D eigenvalue weighted by Gasteiger charge is 2.55. The highest BCUT2D eigenvalue weighted by Crippen LogP contribution is 2.65. The van der Waals surface area contributed by atoms with Crippen molar-refractivity contribution in [1.29, 1.82) is 0 Å². The summed E-state index contributed by atoms with van der Waals surface area (Å²) in [5, 5.41) is 0. The highest BCUT2D eigenvalue weighted by molar-refractivity contribution is 8.00. The zero-order chi connectivity index (χ0) is 11.6. The minimum atomic E-state index is 0.167. The summed E-state index contributed by atoms with van der Waals surface area (Å²) in [5.74, 6) is 0. The summed E-state index contributed by atoms with van der Waals surface area (Å²) in [4.78, 5) is 0. The molecule has 0 spiro atoms. The largest absolute Gasteiger partial charge is 0.354 e. The van der Waals surface area contributed by atoms with Crippen molar-refractivity contribution in [3.05, 3.63) is 35.4 Å². The summed E-state index contributed by atoms with van der Waals surface area (Å²) in [5.41, 5.74) is 3.19. The van der Waals surface area contributed by atoms with Gasteiger partial charge in [0.25, 0.3) is 0 Å². The fraction of sp³-hybridized carbons (Fsp3) is 0.571. The van der Waals surface area contributed by atoms with Crippen LogP contribution in [0.3, 0.4) is 0 Å². The zero-order valence-corrected chi connectivity index (χ0v) is 11.1. The number of hydrogen-bond acceptors (Lipinski definition) is 2. The van der Waals surface area contributed by atoms with Crippen LogP contribution < -0.4 is 0 Å². The van der Waals surface area contributed by atoms with Crippen molar-refractivity contribution in [1.82, 2.24) is 0 Å². The second-order valence-corrected chi connectivity index (χ2v) is 7.51. The molecule has 2 bridgehead atoms. The van der Waals surface area contributed by atoms with E-state index in [1.54, 1.807) is 0 Å². The van der Waals surface area contributed by atoms with Gasteiger partial charge in [-0.15, -0.1) is 11.8 Å². The molecule has 16 heavy (non-hydrogen) atoms. The first kappa shape index (κ1) is 10.7. The Morgan fingerprint density at radius 3 is 2.38 bits per heavy atom. The standard InChI is InChI=1S/C14H18OS/c1-13(2)11-9-7-5-6-8-10(9)12(15-11)16-14(13,3)4/h5-8,11-12H,1-4H3/t11-,12-/m0/s1. The topological polar surface area (TPSA) is 9.23 Å². The van der Waals surface area contributed by atoms with Crippen LogP contribution in [0.2, 0.25) is 0 Å². The van der Waals surface area contributed by atoms with Gasteiger partial charge in [-0.05, 0) is 25.0 Å². The number of hydrogen-bond donors (Lipinski definition) is 0. The first-order valence-electron chi connectivity index (χ1n) is 5.85. The summed E-state index contributed by atoms with van der Waals surface area (Å²) in [7, 11) is 0. The fourth-order valence-electron chi connectivity index (χ4n) is 2.62. The number of fused-ring (bicyclic) bond motifs is 5. The molecule has 0 aromatic heterocycles. The molecule has 0 aliphatic carbocycles. The van der Waals surface area contributed by atoms with Gasteiger partial charge in [0, 0.05) is 10.2 Å². The Hall–Kier alpha value is -0.470. The third-order valence-electron chi connectivity index (χ3n) is 4.40. The molecule has 2 atom stereocenters. The van der Waals surface area contributed by atoms with Crippen LogP contribution in [-0.4, -0.2) is 4.75 Å². The molecule has 1 saturated heterocycles. The maximum atomic E-state index is 6.18. The molecule has 2 heterocycles. The Kier molecular flexibility index (Phi) is 2.03. The quantitative estimate of drug-likeness (QED) is 0.661. The van der Waals surface area contributed by atoms with Crippen molar-refractivity contribution >= 4 is 11.8 Å². The van der Waals surface area contributed by atoms with Crippen molar-refractivity contribution in [2.75, 3.05) is 0 Å². The monoisotopic (exact) mass is 234 g/mol. The third kappa shape index (κ3) is 1.17. The molecular formula is C14H18OS. The lowest BCUT2D eigenvalue weighted by molar-refractivity contribution is -0.0498. The van der Waals surface area contributed by atoms with Crippen LogP contribution in [0.4, 0.5) is 0 Å². The summed E-state index contributed by atoms with van der Waals surface area (Å²) < 4.78 is 6.43. The Labute approximate surface area is 102 Å². The van der Waals surface area contributed by atoms with E-state index < -0.39 is 0 Å². The fourth-order valence-corrected chi connectivity index (χ4v) is 4.07. The van der Waals surface area contributed by atoms with Crippen LogP contribution in [0.5, 0.6) is 0 Å². The van der Waals surface area contributed by atoms with Crippen LogP contribution in [0.1, 0.15) is 50.4 Å². The van der Waals surface area contributed by atoms with Gasteiger partial charge < -0.3 is 4.74 Å². The van der Waals surface area contributed by atoms with E-state index in [1.165, 1.54) is 11.1 Å². The minimum absolute atomic E-state index is 0.167. The van der Waals surface area contributed by atoms with Crippen molar-refractivity contribution in [3.63, 3.8) is 0 Å². The molecule has 0 radical (unpaired) electrons. The average molecular weight is 234 g/mol. The first-order chi connectivity index (χ1) is 7.43. The molecule has 0 N–H and O–H groups in total. The molecule has 0 saturated carbocycles. The van der Waals surface area contributed by atoms with Crippen LogP contribution in [0, 0.1) is 5.41 Å². The van der Waals surface area contributed by atoms with Crippen molar-refractivity contribution in [2.45, 2.75) is 44.0 Å². The molecule has 2 heteroatoms. The van der Waals surface area contributed by atoms with Gasteiger partial charge in [-0.1, -0.05) is 38.1 Å². The maximum absolute atomic E-state index is 6.18. The van der Waals surface area contributed by atoms with Gasteiger partial charge in [0.1, 0.15) is 5.44 Å². The molecule has 3 rings (SSSR count). The SMILES string of the molecule is CC1(C)S[C@@H]2O[C@@H](c3ccccc32)C1(C)C. The normalized spacial score (nSPS) is 33.5. The first-order valence-corrected chi connectivity index (χ1v) is 6.73. The van der Waals surface area contributed by atoms with Crippen LogP contribution in [0.25, 0.3) is 0 Å². The lowest BCUT2D eigenvalue weighted by atomic mass is 9.73. The van der Waals surface area contributed by atoms with Crippen LogP contribution in [0.15, 0.2) is 24.3 Å². The lowest BCUT2D eigenvalue weighted by Crippen LogP contribution is -2.43. The Balaban J connectivity index is 2.17. The summed E-state index contributed by atoms with van der Waals surface area (Å²) >= 11 is 1.96. The van der Waals surface area contributed by atoms with Crippen molar-refractivity contribution in [3.8, 4) is 0 Å². The van der Waals surface area contributed by atoms with E-state index in [0.29, 0.717) is 0 Å². The van der Waals surface area contributed by atoms with Gasteiger partial charge in [0.2, 0.25) is 0 Å². The van der Waals surface area contributed by atoms with Crippen LogP contribution >= 0.6 is 11.8 Å². The smallest absolute Gasteiger partial charge is 0.130 e. The predicted octanol–water partition coefficient (Wildman–Crippen LogP) is 4.31. The molecule has 86 valence electrons. The predicted molar refractivity (Wildman–Crippen MR) is 68.5 cm³/mol. The summed E-state index contributed by atoms with van der Waals surface area (Å²) in [6.45, 7) is 9.32. The molecule has 1 nitrogen and oxygen atoms in total. The molecule has 2 aliphatic rings. The Morgan fingerprint density at radius 2 is 1.69 bits per heavy atom. The van der Waals surface area contributed by atoms with Gasteiger partial charge in [-0.3, -0.25) is 0 Å². The van der Waals surface area contributed by atoms with Gasteiger partial charge in [0.15, 0.2) is 0 Å². The number of ether oxygens (including phenoxy) is 1. The lowest BCUT2D eigenvalue weighted by Gasteiger charge is -2.49. The molecule has 1 aromatic carbocycles. The van der Waals surface area contributed by atoms with Gasteiger partial charge in [-0.2, -0.15) is 0 Å². The zero-order valence-electron chi connectivity index (χ0n) is 10.3. The Bertz CT molecular complexity index is 436.